The Morgan fingerprint density at radius 1 is 1.12 bits per heavy atom. The third-order valence-corrected chi connectivity index (χ3v) is 5.32. The van der Waals surface area contributed by atoms with E-state index in [4.69, 9.17) is 15.2 Å². The Bertz CT molecular complexity index is 893. The Kier molecular flexibility index (Phi) is 8.83. The van der Waals surface area contributed by atoms with Crippen LogP contribution in [0.3, 0.4) is 0 Å². The molecule has 0 radical (unpaired) electrons. The lowest BCUT2D eigenvalue weighted by atomic mass is 10.1. The minimum atomic E-state index is -0.524. The number of benzene rings is 2. The maximum Gasteiger partial charge on any atom is 0.255 e. The van der Waals surface area contributed by atoms with Crippen LogP contribution in [0.1, 0.15) is 18.1 Å². The van der Waals surface area contributed by atoms with Gasteiger partial charge in [0.05, 0.1) is 13.2 Å². The SMILES string of the molecule is CC(CN1CCOCC1)N(Cc1ccccc1)C(=O)/C=C/c1ccc(OCC(N)=O)cc1. The van der Waals surface area contributed by atoms with Crippen molar-refractivity contribution in [1.82, 2.24) is 9.80 Å². The van der Waals surface area contributed by atoms with Crippen LogP contribution >= 0.6 is 0 Å². The number of hydrogen-bond acceptors (Lipinski definition) is 5. The highest BCUT2D eigenvalue weighted by atomic mass is 16.5. The second-order valence-electron chi connectivity index (χ2n) is 7.87. The summed E-state index contributed by atoms with van der Waals surface area (Å²) in [5.74, 6) is -0.00921. The highest BCUT2D eigenvalue weighted by molar-refractivity contribution is 5.92. The normalized spacial score (nSPS) is 15.4. The summed E-state index contributed by atoms with van der Waals surface area (Å²) in [6.45, 7) is 6.53. The molecule has 2 amide bonds. The average Bonchev–Trinajstić information content (AvgIpc) is 2.81. The monoisotopic (exact) mass is 437 g/mol. The van der Waals surface area contributed by atoms with Gasteiger partial charge in [-0.3, -0.25) is 14.5 Å². The van der Waals surface area contributed by atoms with E-state index in [0.29, 0.717) is 12.3 Å². The molecule has 2 N–H and O–H groups in total. The van der Waals surface area contributed by atoms with E-state index in [2.05, 4.69) is 11.8 Å². The van der Waals surface area contributed by atoms with Crippen LogP contribution in [-0.2, 0) is 20.9 Å². The van der Waals surface area contributed by atoms with Crippen LogP contribution in [0, 0.1) is 0 Å². The molecule has 1 heterocycles. The molecular formula is C25H31N3O4. The van der Waals surface area contributed by atoms with Crippen LogP contribution < -0.4 is 10.5 Å². The summed E-state index contributed by atoms with van der Waals surface area (Å²) in [7, 11) is 0. The Hall–Kier alpha value is -3.16. The molecule has 1 unspecified atom stereocenters. The predicted molar refractivity (Wildman–Crippen MR) is 124 cm³/mol. The van der Waals surface area contributed by atoms with Crippen molar-refractivity contribution in [3.8, 4) is 5.75 Å². The van der Waals surface area contributed by atoms with Gasteiger partial charge in [-0.25, -0.2) is 0 Å². The molecule has 1 atom stereocenters. The summed E-state index contributed by atoms with van der Waals surface area (Å²) in [4.78, 5) is 28.2. The van der Waals surface area contributed by atoms with Crippen molar-refractivity contribution in [2.75, 3.05) is 39.5 Å². The number of rotatable bonds is 10. The van der Waals surface area contributed by atoms with Gasteiger partial charge in [0.25, 0.3) is 5.91 Å². The van der Waals surface area contributed by atoms with Gasteiger partial charge in [0, 0.05) is 38.3 Å². The molecule has 1 aliphatic rings. The van der Waals surface area contributed by atoms with E-state index >= 15 is 0 Å². The lowest BCUT2D eigenvalue weighted by Gasteiger charge is -2.34. The minimum Gasteiger partial charge on any atom is -0.484 e. The van der Waals surface area contributed by atoms with Crippen LogP contribution in [-0.4, -0.2) is 67.1 Å². The number of nitrogens with two attached hydrogens (primary N) is 1. The summed E-state index contributed by atoms with van der Waals surface area (Å²) in [6.07, 6.45) is 3.40. The number of ether oxygens (including phenoxy) is 2. The first kappa shape index (κ1) is 23.5. The number of carbonyl (C=O) groups is 2. The molecule has 3 rings (SSSR count). The fourth-order valence-electron chi connectivity index (χ4n) is 3.58. The molecule has 0 saturated carbocycles. The number of carbonyl (C=O) groups excluding carboxylic acids is 2. The fourth-order valence-corrected chi connectivity index (χ4v) is 3.58. The third kappa shape index (κ3) is 7.51. The van der Waals surface area contributed by atoms with E-state index in [1.807, 2.05) is 47.4 Å². The highest BCUT2D eigenvalue weighted by Gasteiger charge is 2.22. The summed E-state index contributed by atoms with van der Waals surface area (Å²) in [5.41, 5.74) is 7.05. The second kappa shape index (κ2) is 12.0. The molecule has 170 valence electrons. The van der Waals surface area contributed by atoms with Crippen molar-refractivity contribution < 1.29 is 19.1 Å². The smallest absolute Gasteiger partial charge is 0.255 e. The first-order valence-electron chi connectivity index (χ1n) is 10.8. The third-order valence-electron chi connectivity index (χ3n) is 5.32. The highest BCUT2D eigenvalue weighted by Crippen LogP contribution is 2.15. The Labute approximate surface area is 189 Å². The molecule has 1 aliphatic heterocycles. The fraction of sp³-hybridized carbons (Fsp3) is 0.360. The summed E-state index contributed by atoms with van der Waals surface area (Å²) in [5, 5.41) is 0. The standard InChI is InChI=1S/C25H31N3O4/c1-20(17-27-13-15-31-16-14-27)28(18-22-5-3-2-4-6-22)25(30)12-9-21-7-10-23(11-8-21)32-19-24(26)29/h2-12,20H,13-19H2,1H3,(H2,26,29)/b12-9+. The molecule has 1 saturated heterocycles. The predicted octanol–water partition coefficient (Wildman–Crippen LogP) is 2.31. The van der Waals surface area contributed by atoms with Gasteiger partial charge >= 0.3 is 0 Å². The summed E-state index contributed by atoms with van der Waals surface area (Å²) >= 11 is 0. The van der Waals surface area contributed by atoms with Crippen LogP contribution in [0.15, 0.2) is 60.7 Å². The molecule has 0 aliphatic carbocycles. The number of hydrogen-bond donors (Lipinski definition) is 1. The van der Waals surface area contributed by atoms with Crippen LogP contribution in [0.4, 0.5) is 0 Å². The number of morpholine rings is 1. The number of primary amides is 1. The summed E-state index contributed by atoms with van der Waals surface area (Å²) in [6, 6.07) is 17.2. The maximum atomic E-state index is 13.2. The minimum absolute atomic E-state index is 0.0383. The van der Waals surface area contributed by atoms with E-state index in [-0.39, 0.29) is 18.6 Å². The van der Waals surface area contributed by atoms with Gasteiger partial charge in [0.2, 0.25) is 5.91 Å². The Morgan fingerprint density at radius 3 is 2.47 bits per heavy atom. The molecule has 0 spiro atoms. The second-order valence-corrected chi connectivity index (χ2v) is 7.87. The van der Waals surface area contributed by atoms with E-state index in [0.717, 1.165) is 44.0 Å². The van der Waals surface area contributed by atoms with E-state index < -0.39 is 5.91 Å². The van der Waals surface area contributed by atoms with E-state index in [1.54, 1.807) is 24.3 Å². The molecule has 32 heavy (non-hydrogen) atoms. The molecule has 7 heteroatoms. The van der Waals surface area contributed by atoms with Crippen LogP contribution in [0.5, 0.6) is 5.75 Å². The molecule has 0 bridgehead atoms. The van der Waals surface area contributed by atoms with E-state index in [1.165, 1.54) is 0 Å². The van der Waals surface area contributed by atoms with Crippen molar-refractivity contribution in [2.45, 2.75) is 19.5 Å². The van der Waals surface area contributed by atoms with Crippen LogP contribution in [0.2, 0.25) is 0 Å². The van der Waals surface area contributed by atoms with Gasteiger partial charge in [-0.1, -0.05) is 42.5 Å². The van der Waals surface area contributed by atoms with Crippen molar-refractivity contribution in [1.29, 1.82) is 0 Å². The van der Waals surface area contributed by atoms with Gasteiger partial charge in [-0.15, -0.1) is 0 Å². The van der Waals surface area contributed by atoms with Gasteiger partial charge in [-0.2, -0.15) is 0 Å². The van der Waals surface area contributed by atoms with Gasteiger partial charge in [0.15, 0.2) is 6.61 Å². The Balaban J connectivity index is 1.67. The van der Waals surface area contributed by atoms with Crippen molar-refractivity contribution >= 4 is 17.9 Å². The molecule has 2 aromatic carbocycles. The van der Waals surface area contributed by atoms with Gasteiger partial charge in [0.1, 0.15) is 5.75 Å². The lowest BCUT2D eigenvalue weighted by molar-refractivity contribution is -0.129. The zero-order valence-corrected chi connectivity index (χ0v) is 18.5. The van der Waals surface area contributed by atoms with Gasteiger partial charge < -0.3 is 20.1 Å². The zero-order chi connectivity index (χ0) is 22.8. The average molecular weight is 438 g/mol. The quantitative estimate of drug-likeness (QED) is 0.577. The van der Waals surface area contributed by atoms with Crippen molar-refractivity contribution in [2.24, 2.45) is 5.73 Å². The number of amides is 2. The van der Waals surface area contributed by atoms with E-state index in [9.17, 15) is 9.59 Å². The lowest BCUT2D eigenvalue weighted by Crippen LogP contribution is -2.47. The summed E-state index contributed by atoms with van der Waals surface area (Å²) < 4.78 is 10.7. The number of nitrogens with zero attached hydrogens (tertiary/aromatic N) is 2. The van der Waals surface area contributed by atoms with Gasteiger partial charge in [-0.05, 0) is 36.3 Å². The topological polar surface area (TPSA) is 85.1 Å². The molecule has 2 aromatic rings. The molecule has 7 nitrogen and oxygen atoms in total. The molecular weight excluding hydrogens is 406 g/mol. The molecule has 0 aromatic heterocycles. The first-order chi connectivity index (χ1) is 15.5. The molecule has 1 fully saturated rings. The Morgan fingerprint density at radius 2 is 1.81 bits per heavy atom. The maximum absolute atomic E-state index is 13.2. The zero-order valence-electron chi connectivity index (χ0n) is 18.5. The van der Waals surface area contributed by atoms with Crippen molar-refractivity contribution in [3.05, 3.63) is 71.8 Å². The first-order valence-corrected chi connectivity index (χ1v) is 10.8. The largest absolute Gasteiger partial charge is 0.484 e. The van der Waals surface area contributed by atoms with Crippen LogP contribution in [0.25, 0.3) is 6.08 Å². The van der Waals surface area contributed by atoms with Crippen molar-refractivity contribution in [3.63, 3.8) is 0 Å².